The van der Waals surface area contributed by atoms with E-state index in [2.05, 4.69) is 15.9 Å². The summed E-state index contributed by atoms with van der Waals surface area (Å²) in [4.78, 5) is -0.174. The summed E-state index contributed by atoms with van der Waals surface area (Å²) in [5, 5.41) is 8.74. The van der Waals surface area contributed by atoms with Crippen molar-refractivity contribution in [2.45, 2.75) is 11.8 Å². The molecule has 0 aliphatic carbocycles. The Labute approximate surface area is 94.9 Å². The van der Waals surface area contributed by atoms with Gasteiger partial charge in [0.05, 0.1) is 5.56 Å². The third kappa shape index (κ3) is 2.27. The number of nitriles is 1. The fraction of sp³-hybridized carbons (Fsp3) is 0.125. The SMILES string of the molecule is Cc1cc(Br)c(S(=O)(=O)Cl)c(C#N)c1. The van der Waals surface area contributed by atoms with Crippen molar-refractivity contribution in [2.75, 3.05) is 0 Å². The molecular weight excluding hydrogens is 290 g/mol. The van der Waals surface area contributed by atoms with Gasteiger partial charge >= 0.3 is 0 Å². The summed E-state index contributed by atoms with van der Waals surface area (Å²) in [6.45, 7) is 1.76. The Morgan fingerprint density at radius 3 is 2.50 bits per heavy atom. The van der Waals surface area contributed by atoms with E-state index < -0.39 is 9.05 Å². The van der Waals surface area contributed by atoms with Gasteiger partial charge in [0, 0.05) is 15.2 Å². The molecule has 6 heteroatoms. The molecule has 0 amide bonds. The van der Waals surface area contributed by atoms with E-state index in [1.165, 1.54) is 6.07 Å². The molecule has 1 aromatic rings. The largest absolute Gasteiger partial charge is 0.263 e. The topological polar surface area (TPSA) is 57.9 Å². The summed E-state index contributed by atoms with van der Waals surface area (Å²) in [5.41, 5.74) is 0.837. The lowest BCUT2D eigenvalue weighted by atomic mass is 10.1. The van der Waals surface area contributed by atoms with Gasteiger partial charge in [-0.3, -0.25) is 0 Å². The summed E-state index contributed by atoms with van der Waals surface area (Å²) in [6, 6.07) is 4.86. The first-order valence-electron chi connectivity index (χ1n) is 3.51. The first-order chi connectivity index (χ1) is 6.36. The van der Waals surface area contributed by atoms with Gasteiger partial charge in [-0.05, 0) is 40.5 Å². The third-order valence-corrected chi connectivity index (χ3v) is 3.83. The van der Waals surface area contributed by atoms with Crippen molar-refractivity contribution in [1.29, 1.82) is 5.26 Å². The van der Waals surface area contributed by atoms with E-state index in [0.717, 1.165) is 5.56 Å². The molecule has 1 aromatic carbocycles. The Kier molecular flexibility index (Phi) is 3.20. The lowest BCUT2D eigenvalue weighted by Crippen LogP contribution is -1.97. The van der Waals surface area contributed by atoms with Crippen molar-refractivity contribution in [3.05, 3.63) is 27.7 Å². The van der Waals surface area contributed by atoms with Crippen LogP contribution in [0.4, 0.5) is 0 Å². The molecule has 0 aliphatic heterocycles. The van der Waals surface area contributed by atoms with E-state index in [1.54, 1.807) is 19.1 Å². The molecule has 0 unspecified atom stereocenters. The fourth-order valence-electron chi connectivity index (χ4n) is 1.06. The molecule has 0 saturated carbocycles. The Hall–Kier alpha value is -0.570. The quantitative estimate of drug-likeness (QED) is 0.748. The second-order valence-electron chi connectivity index (χ2n) is 2.67. The molecule has 0 radical (unpaired) electrons. The van der Waals surface area contributed by atoms with Crippen LogP contribution in [0, 0.1) is 18.3 Å². The normalized spacial score (nSPS) is 11.0. The van der Waals surface area contributed by atoms with Gasteiger partial charge in [-0.15, -0.1) is 0 Å². The molecule has 3 nitrogen and oxygen atoms in total. The van der Waals surface area contributed by atoms with Crippen LogP contribution in [0.3, 0.4) is 0 Å². The number of aryl methyl sites for hydroxylation is 1. The molecule has 0 N–H and O–H groups in total. The maximum absolute atomic E-state index is 11.1. The van der Waals surface area contributed by atoms with Crippen molar-refractivity contribution < 1.29 is 8.42 Å². The highest BCUT2D eigenvalue weighted by molar-refractivity contribution is 9.10. The average Bonchev–Trinajstić information content (AvgIpc) is 1.99. The molecule has 0 aromatic heterocycles. The van der Waals surface area contributed by atoms with Crippen molar-refractivity contribution in [3.8, 4) is 6.07 Å². The van der Waals surface area contributed by atoms with Crippen molar-refractivity contribution in [2.24, 2.45) is 0 Å². The zero-order valence-corrected chi connectivity index (χ0v) is 10.2. The van der Waals surface area contributed by atoms with E-state index in [0.29, 0.717) is 4.47 Å². The van der Waals surface area contributed by atoms with Crippen LogP contribution in [0.2, 0.25) is 0 Å². The summed E-state index contributed by atoms with van der Waals surface area (Å²) >= 11 is 3.06. The maximum atomic E-state index is 11.1. The van der Waals surface area contributed by atoms with E-state index in [-0.39, 0.29) is 10.5 Å². The van der Waals surface area contributed by atoms with Crippen LogP contribution in [0.15, 0.2) is 21.5 Å². The minimum atomic E-state index is -3.89. The lowest BCUT2D eigenvalue weighted by molar-refractivity contribution is 0.609. The second-order valence-corrected chi connectivity index (χ2v) is 6.03. The number of rotatable bonds is 1. The van der Waals surface area contributed by atoms with Crippen molar-refractivity contribution in [3.63, 3.8) is 0 Å². The highest BCUT2D eigenvalue weighted by Gasteiger charge is 2.19. The molecular formula is C8H5BrClNO2S. The fourth-order valence-corrected chi connectivity index (χ4v) is 3.71. The number of halogens is 2. The first kappa shape index (κ1) is 11.5. The molecule has 1 rings (SSSR count). The minimum absolute atomic E-state index is 0.0480. The van der Waals surface area contributed by atoms with E-state index >= 15 is 0 Å². The van der Waals surface area contributed by atoms with Gasteiger partial charge in [0.2, 0.25) is 0 Å². The maximum Gasteiger partial charge on any atom is 0.263 e. The Morgan fingerprint density at radius 2 is 2.07 bits per heavy atom. The van der Waals surface area contributed by atoms with Gasteiger partial charge in [-0.25, -0.2) is 8.42 Å². The predicted octanol–water partition coefficient (Wildman–Crippen LogP) is 2.56. The summed E-state index contributed by atoms with van der Waals surface area (Å²) in [5.74, 6) is 0. The average molecular weight is 295 g/mol. The van der Waals surface area contributed by atoms with Crippen LogP contribution in [0.25, 0.3) is 0 Å². The van der Waals surface area contributed by atoms with Gasteiger partial charge < -0.3 is 0 Å². The van der Waals surface area contributed by atoms with Crippen LogP contribution in [0.1, 0.15) is 11.1 Å². The Morgan fingerprint density at radius 1 is 1.50 bits per heavy atom. The Balaban J connectivity index is 3.68. The molecule has 0 heterocycles. The van der Waals surface area contributed by atoms with Gasteiger partial charge in [-0.1, -0.05) is 0 Å². The second kappa shape index (κ2) is 3.89. The molecule has 0 aliphatic rings. The zero-order valence-electron chi connectivity index (χ0n) is 7.08. The van der Waals surface area contributed by atoms with E-state index in [9.17, 15) is 8.42 Å². The van der Waals surface area contributed by atoms with Gasteiger partial charge in [0.25, 0.3) is 9.05 Å². The molecule has 0 atom stereocenters. The summed E-state index contributed by atoms with van der Waals surface area (Å²) < 4.78 is 22.6. The van der Waals surface area contributed by atoms with Gasteiger partial charge in [-0.2, -0.15) is 5.26 Å². The number of hydrogen-bond acceptors (Lipinski definition) is 3. The predicted molar refractivity (Wildman–Crippen MR) is 56.6 cm³/mol. The summed E-state index contributed by atoms with van der Waals surface area (Å²) in [6.07, 6.45) is 0. The summed E-state index contributed by atoms with van der Waals surface area (Å²) in [7, 11) is 1.30. The zero-order chi connectivity index (χ0) is 10.9. The van der Waals surface area contributed by atoms with Crippen LogP contribution in [-0.2, 0) is 9.05 Å². The lowest BCUT2D eigenvalue weighted by Gasteiger charge is -2.03. The van der Waals surface area contributed by atoms with Crippen LogP contribution in [-0.4, -0.2) is 8.42 Å². The number of benzene rings is 1. The van der Waals surface area contributed by atoms with Crippen LogP contribution >= 0.6 is 26.6 Å². The monoisotopic (exact) mass is 293 g/mol. The standard InChI is InChI=1S/C8H5BrClNO2S/c1-5-2-6(4-11)8(7(9)3-5)14(10,12)13/h2-3H,1H3. The molecule has 0 bridgehead atoms. The first-order valence-corrected chi connectivity index (χ1v) is 6.61. The van der Waals surface area contributed by atoms with Gasteiger partial charge in [0.1, 0.15) is 11.0 Å². The highest BCUT2D eigenvalue weighted by Crippen LogP contribution is 2.29. The van der Waals surface area contributed by atoms with Crippen LogP contribution in [0.5, 0.6) is 0 Å². The van der Waals surface area contributed by atoms with Crippen molar-refractivity contribution in [1.82, 2.24) is 0 Å². The van der Waals surface area contributed by atoms with E-state index in [1.807, 2.05) is 0 Å². The van der Waals surface area contributed by atoms with Gasteiger partial charge in [0.15, 0.2) is 0 Å². The number of nitrogens with zero attached hydrogens (tertiary/aromatic N) is 1. The third-order valence-electron chi connectivity index (χ3n) is 1.55. The minimum Gasteiger partial charge on any atom is -0.207 e. The van der Waals surface area contributed by atoms with E-state index in [4.69, 9.17) is 15.9 Å². The number of hydrogen-bond donors (Lipinski definition) is 0. The Bertz CT molecular complexity index is 519. The molecule has 0 saturated heterocycles. The molecule has 0 spiro atoms. The molecule has 0 fully saturated rings. The molecule has 74 valence electrons. The van der Waals surface area contributed by atoms with Crippen LogP contribution < -0.4 is 0 Å². The van der Waals surface area contributed by atoms with Crippen molar-refractivity contribution >= 4 is 35.7 Å². The smallest absolute Gasteiger partial charge is 0.207 e. The highest BCUT2D eigenvalue weighted by atomic mass is 79.9. The molecule has 14 heavy (non-hydrogen) atoms.